The number of unbranched alkanes of at least 4 members (excludes halogenated alkanes) is 3. The molecule has 0 amide bonds. The van der Waals surface area contributed by atoms with Gasteiger partial charge in [0.1, 0.15) is 0 Å². The second-order valence-electron chi connectivity index (χ2n) is 3.91. The number of benzene rings is 1. The van der Waals surface area contributed by atoms with Crippen molar-refractivity contribution in [2.45, 2.75) is 32.2 Å². The average molecular weight is 282 g/mol. The Morgan fingerprint density at radius 3 is 2.75 bits per heavy atom. The highest BCUT2D eigenvalue weighted by atomic mass is 79.9. The van der Waals surface area contributed by atoms with Gasteiger partial charge in [0.2, 0.25) is 0 Å². The first-order chi connectivity index (χ1) is 7.84. The lowest BCUT2D eigenvalue weighted by Crippen LogP contribution is -2.14. The van der Waals surface area contributed by atoms with Crippen LogP contribution < -0.4 is 5.32 Å². The maximum absolute atomic E-state index is 3.72. The van der Waals surface area contributed by atoms with Gasteiger partial charge in [-0.15, -0.1) is 6.58 Å². The molecule has 0 aliphatic carbocycles. The zero-order valence-electron chi connectivity index (χ0n) is 9.71. The summed E-state index contributed by atoms with van der Waals surface area (Å²) in [5.74, 6) is 0. The Balaban J connectivity index is 2.07. The fraction of sp³-hybridized carbons (Fsp3) is 0.429. The van der Waals surface area contributed by atoms with E-state index in [-0.39, 0.29) is 0 Å². The Bertz CT molecular complexity index is 309. The van der Waals surface area contributed by atoms with E-state index in [9.17, 15) is 0 Å². The molecule has 1 aromatic rings. The first-order valence-electron chi connectivity index (χ1n) is 5.89. The van der Waals surface area contributed by atoms with E-state index in [0.717, 1.165) is 19.5 Å². The van der Waals surface area contributed by atoms with E-state index >= 15 is 0 Å². The topological polar surface area (TPSA) is 12.0 Å². The van der Waals surface area contributed by atoms with Gasteiger partial charge >= 0.3 is 0 Å². The van der Waals surface area contributed by atoms with Gasteiger partial charge in [-0.1, -0.05) is 46.6 Å². The molecule has 2 heteroatoms. The largest absolute Gasteiger partial charge is 0.313 e. The van der Waals surface area contributed by atoms with Crippen molar-refractivity contribution in [1.29, 1.82) is 0 Å². The van der Waals surface area contributed by atoms with Gasteiger partial charge in [0.15, 0.2) is 0 Å². The Kier molecular flexibility index (Phi) is 7.19. The molecule has 0 unspecified atom stereocenters. The van der Waals surface area contributed by atoms with Crippen molar-refractivity contribution >= 4 is 15.9 Å². The van der Waals surface area contributed by atoms with E-state index in [0.29, 0.717) is 0 Å². The van der Waals surface area contributed by atoms with Gasteiger partial charge in [-0.3, -0.25) is 0 Å². The van der Waals surface area contributed by atoms with E-state index in [1.807, 2.05) is 12.1 Å². The number of hydrogen-bond donors (Lipinski definition) is 1. The molecule has 0 aliphatic rings. The molecule has 16 heavy (non-hydrogen) atoms. The van der Waals surface area contributed by atoms with Crippen molar-refractivity contribution in [2.24, 2.45) is 0 Å². The normalized spacial score (nSPS) is 10.3. The molecular formula is C14H20BrN. The van der Waals surface area contributed by atoms with E-state index < -0.39 is 0 Å². The minimum Gasteiger partial charge on any atom is -0.313 e. The smallest absolute Gasteiger partial charge is 0.0220 e. The third-order valence-electron chi connectivity index (χ3n) is 2.54. The zero-order chi connectivity index (χ0) is 11.6. The lowest BCUT2D eigenvalue weighted by atomic mass is 10.2. The van der Waals surface area contributed by atoms with Crippen molar-refractivity contribution in [1.82, 2.24) is 5.32 Å². The first-order valence-corrected chi connectivity index (χ1v) is 6.69. The summed E-state index contributed by atoms with van der Waals surface area (Å²) in [5, 5.41) is 3.46. The molecule has 0 spiro atoms. The van der Waals surface area contributed by atoms with Crippen molar-refractivity contribution in [3.63, 3.8) is 0 Å². The van der Waals surface area contributed by atoms with E-state index in [2.05, 4.69) is 46.0 Å². The Labute approximate surface area is 107 Å². The van der Waals surface area contributed by atoms with Crippen LogP contribution in [0, 0.1) is 0 Å². The molecule has 1 aromatic carbocycles. The molecule has 0 fully saturated rings. The molecule has 1 N–H and O–H groups in total. The van der Waals surface area contributed by atoms with Crippen LogP contribution in [0.1, 0.15) is 31.2 Å². The molecular weight excluding hydrogens is 262 g/mol. The lowest BCUT2D eigenvalue weighted by Gasteiger charge is -2.06. The van der Waals surface area contributed by atoms with Gasteiger partial charge in [0, 0.05) is 11.0 Å². The standard InChI is InChI=1S/C14H20BrN/c1-2-3-4-5-8-11-16-12-13-9-6-7-10-14(13)15/h2,6-7,9-10,16H,1,3-5,8,11-12H2. The summed E-state index contributed by atoms with van der Waals surface area (Å²) >= 11 is 3.55. The SMILES string of the molecule is C=CCCCCCNCc1ccccc1Br. The summed E-state index contributed by atoms with van der Waals surface area (Å²) in [4.78, 5) is 0. The summed E-state index contributed by atoms with van der Waals surface area (Å²) in [6.45, 7) is 5.77. The molecule has 0 aromatic heterocycles. The minimum absolute atomic E-state index is 0.947. The third-order valence-corrected chi connectivity index (χ3v) is 3.31. The molecule has 0 atom stereocenters. The Hall–Kier alpha value is -0.600. The number of rotatable bonds is 8. The van der Waals surface area contributed by atoms with Gasteiger partial charge in [0.05, 0.1) is 0 Å². The second-order valence-corrected chi connectivity index (χ2v) is 4.76. The van der Waals surface area contributed by atoms with E-state index in [4.69, 9.17) is 0 Å². The summed E-state index contributed by atoms with van der Waals surface area (Å²) in [6.07, 6.45) is 6.94. The number of allylic oxidation sites excluding steroid dienone is 1. The van der Waals surface area contributed by atoms with Crippen LogP contribution in [-0.2, 0) is 6.54 Å². The van der Waals surface area contributed by atoms with Gasteiger partial charge in [0.25, 0.3) is 0 Å². The summed E-state index contributed by atoms with van der Waals surface area (Å²) in [6, 6.07) is 8.35. The molecule has 0 heterocycles. The van der Waals surface area contributed by atoms with Crippen LogP contribution in [-0.4, -0.2) is 6.54 Å². The van der Waals surface area contributed by atoms with E-state index in [1.54, 1.807) is 0 Å². The molecule has 1 rings (SSSR count). The molecule has 0 bridgehead atoms. The lowest BCUT2D eigenvalue weighted by molar-refractivity contribution is 0.605. The van der Waals surface area contributed by atoms with Gasteiger partial charge < -0.3 is 5.32 Å². The molecule has 0 radical (unpaired) electrons. The molecule has 0 saturated heterocycles. The van der Waals surface area contributed by atoms with Gasteiger partial charge in [-0.05, 0) is 37.4 Å². The highest BCUT2D eigenvalue weighted by molar-refractivity contribution is 9.10. The fourth-order valence-electron chi connectivity index (χ4n) is 1.58. The van der Waals surface area contributed by atoms with Gasteiger partial charge in [-0.25, -0.2) is 0 Å². The highest BCUT2D eigenvalue weighted by Crippen LogP contribution is 2.15. The van der Waals surface area contributed by atoms with Crippen molar-refractivity contribution in [2.75, 3.05) is 6.54 Å². The van der Waals surface area contributed by atoms with Crippen LogP contribution in [0.5, 0.6) is 0 Å². The van der Waals surface area contributed by atoms with Crippen molar-refractivity contribution in [3.8, 4) is 0 Å². The molecule has 0 saturated carbocycles. The Morgan fingerprint density at radius 1 is 1.19 bits per heavy atom. The van der Waals surface area contributed by atoms with Crippen molar-refractivity contribution in [3.05, 3.63) is 47.0 Å². The molecule has 0 aliphatic heterocycles. The predicted molar refractivity (Wildman–Crippen MR) is 74.5 cm³/mol. The summed E-state index contributed by atoms with van der Waals surface area (Å²) in [7, 11) is 0. The summed E-state index contributed by atoms with van der Waals surface area (Å²) in [5.41, 5.74) is 1.33. The molecule has 1 nitrogen and oxygen atoms in total. The monoisotopic (exact) mass is 281 g/mol. The van der Waals surface area contributed by atoms with Crippen LogP contribution in [0.2, 0.25) is 0 Å². The number of hydrogen-bond acceptors (Lipinski definition) is 1. The third kappa shape index (κ3) is 5.47. The highest BCUT2D eigenvalue weighted by Gasteiger charge is 1.96. The van der Waals surface area contributed by atoms with Crippen LogP contribution in [0.4, 0.5) is 0 Å². The van der Waals surface area contributed by atoms with Crippen LogP contribution >= 0.6 is 15.9 Å². The van der Waals surface area contributed by atoms with Crippen LogP contribution in [0.15, 0.2) is 41.4 Å². The van der Waals surface area contributed by atoms with Crippen LogP contribution in [0.3, 0.4) is 0 Å². The zero-order valence-corrected chi connectivity index (χ0v) is 11.3. The fourth-order valence-corrected chi connectivity index (χ4v) is 2.01. The summed E-state index contributed by atoms with van der Waals surface area (Å²) < 4.78 is 1.19. The van der Waals surface area contributed by atoms with Gasteiger partial charge in [-0.2, -0.15) is 0 Å². The average Bonchev–Trinajstić information content (AvgIpc) is 2.30. The quantitative estimate of drug-likeness (QED) is 0.554. The predicted octanol–water partition coefficient (Wildman–Crippen LogP) is 4.29. The number of halogens is 1. The molecule has 88 valence electrons. The first kappa shape index (κ1) is 13.5. The Morgan fingerprint density at radius 2 is 2.00 bits per heavy atom. The maximum atomic E-state index is 3.72. The second kappa shape index (κ2) is 8.54. The van der Waals surface area contributed by atoms with E-state index in [1.165, 1.54) is 29.3 Å². The maximum Gasteiger partial charge on any atom is 0.0220 e. The van der Waals surface area contributed by atoms with Crippen molar-refractivity contribution < 1.29 is 0 Å². The van der Waals surface area contributed by atoms with Crippen LogP contribution in [0.25, 0.3) is 0 Å². The minimum atomic E-state index is 0.947. The number of nitrogens with one attached hydrogen (secondary N) is 1.